The number of hydrogen-bond acceptors (Lipinski definition) is 3. The van der Waals surface area contributed by atoms with Crippen LogP contribution in [-0.4, -0.2) is 40.2 Å². The summed E-state index contributed by atoms with van der Waals surface area (Å²) in [7, 11) is 0. The van der Waals surface area contributed by atoms with Crippen molar-refractivity contribution < 1.29 is 14.7 Å². The average Bonchev–Trinajstić information content (AvgIpc) is 2.90. The van der Waals surface area contributed by atoms with E-state index < -0.39 is 12.0 Å². The summed E-state index contributed by atoms with van der Waals surface area (Å²) in [5.41, 5.74) is 0. The maximum Gasteiger partial charge on any atom is 0.326 e. The summed E-state index contributed by atoms with van der Waals surface area (Å²) in [5.74, 6) is 0.288. The fourth-order valence-electron chi connectivity index (χ4n) is 3.28. The Morgan fingerprint density at radius 3 is 2.57 bits per heavy atom. The zero-order valence-electron chi connectivity index (χ0n) is 12.7. The molecule has 0 aromatic carbocycles. The quantitative estimate of drug-likeness (QED) is 0.729. The summed E-state index contributed by atoms with van der Waals surface area (Å²) < 4.78 is 0.0981. The van der Waals surface area contributed by atoms with Crippen molar-refractivity contribution in [2.24, 2.45) is 5.92 Å². The Morgan fingerprint density at radius 2 is 2.00 bits per heavy atom. The summed E-state index contributed by atoms with van der Waals surface area (Å²) in [6.07, 6.45) is 7.37. The fourth-order valence-corrected chi connectivity index (χ4v) is 4.53. The van der Waals surface area contributed by atoms with Gasteiger partial charge < -0.3 is 15.7 Å². The van der Waals surface area contributed by atoms with Crippen molar-refractivity contribution >= 4 is 23.8 Å². The first-order chi connectivity index (χ1) is 10.0. The number of carbonyl (C=O) groups is 2. The fraction of sp³-hybridized carbons (Fsp3) is 0.867. The molecule has 2 amide bonds. The minimum Gasteiger partial charge on any atom is -0.480 e. The van der Waals surface area contributed by atoms with Crippen LogP contribution in [-0.2, 0) is 4.79 Å². The Kier molecular flexibility index (Phi) is 5.79. The number of hydrogen-bond donors (Lipinski definition) is 3. The third-order valence-electron chi connectivity index (χ3n) is 4.60. The zero-order valence-corrected chi connectivity index (χ0v) is 13.5. The van der Waals surface area contributed by atoms with Gasteiger partial charge in [0.25, 0.3) is 0 Å². The van der Waals surface area contributed by atoms with Crippen molar-refractivity contribution in [3.05, 3.63) is 0 Å². The second kappa shape index (κ2) is 7.38. The number of carboxylic acids is 1. The predicted octanol–water partition coefficient (Wildman–Crippen LogP) is 2.60. The molecule has 21 heavy (non-hydrogen) atoms. The van der Waals surface area contributed by atoms with Gasteiger partial charge >= 0.3 is 12.0 Å². The first-order valence-electron chi connectivity index (χ1n) is 7.91. The topological polar surface area (TPSA) is 78.4 Å². The molecule has 0 aromatic rings. The molecule has 1 saturated carbocycles. The van der Waals surface area contributed by atoms with E-state index in [9.17, 15) is 14.7 Å². The van der Waals surface area contributed by atoms with E-state index in [0.29, 0.717) is 6.54 Å². The zero-order chi connectivity index (χ0) is 15.3. The minimum atomic E-state index is -0.918. The maximum absolute atomic E-state index is 12.0. The van der Waals surface area contributed by atoms with Gasteiger partial charge in [0.15, 0.2) is 0 Å². The van der Waals surface area contributed by atoms with Gasteiger partial charge in [0, 0.05) is 11.3 Å². The Balaban J connectivity index is 1.81. The van der Waals surface area contributed by atoms with E-state index in [-0.39, 0.29) is 16.7 Å². The van der Waals surface area contributed by atoms with Crippen molar-refractivity contribution in [3.63, 3.8) is 0 Å². The Bertz CT molecular complexity index is 377. The van der Waals surface area contributed by atoms with E-state index in [2.05, 4.69) is 17.6 Å². The van der Waals surface area contributed by atoms with Gasteiger partial charge in [0.2, 0.25) is 0 Å². The number of aliphatic carboxylic acids is 1. The van der Waals surface area contributed by atoms with Crippen LogP contribution in [0.3, 0.4) is 0 Å². The molecule has 0 radical (unpaired) electrons. The Labute approximate surface area is 130 Å². The van der Waals surface area contributed by atoms with Crippen LogP contribution in [0.1, 0.15) is 51.9 Å². The van der Waals surface area contributed by atoms with Gasteiger partial charge in [-0.3, -0.25) is 0 Å². The van der Waals surface area contributed by atoms with E-state index in [1.807, 2.05) is 11.8 Å². The largest absolute Gasteiger partial charge is 0.480 e. The normalized spacial score (nSPS) is 28.0. The Hall–Kier alpha value is -0.910. The van der Waals surface area contributed by atoms with Gasteiger partial charge in [-0.15, -0.1) is 0 Å². The molecule has 0 aromatic heterocycles. The van der Waals surface area contributed by atoms with Crippen LogP contribution in [0.5, 0.6) is 0 Å². The number of urea groups is 1. The van der Waals surface area contributed by atoms with Crippen LogP contribution < -0.4 is 10.6 Å². The van der Waals surface area contributed by atoms with Gasteiger partial charge in [-0.25, -0.2) is 9.59 Å². The van der Waals surface area contributed by atoms with Crippen molar-refractivity contribution in [3.8, 4) is 0 Å². The third-order valence-corrected chi connectivity index (χ3v) is 6.14. The van der Waals surface area contributed by atoms with Crippen molar-refractivity contribution in [2.45, 2.75) is 62.7 Å². The van der Waals surface area contributed by atoms with E-state index >= 15 is 0 Å². The van der Waals surface area contributed by atoms with Gasteiger partial charge in [0.1, 0.15) is 6.04 Å². The highest BCUT2D eigenvalue weighted by molar-refractivity contribution is 8.00. The van der Waals surface area contributed by atoms with Gasteiger partial charge in [-0.1, -0.05) is 19.3 Å². The van der Waals surface area contributed by atoms with Crippen LogP contribution in [0.2, 0.25) is 0 Å². The molecule has 1 aliphatic heterocycles. The number of carbonyl (C=O) groups excluding carboxylic acids is 1. The molecule has 1 aliphatic carbocycles. The number of thioether (sulfide) groups is 1. The van der Waals surface area contributed by atoms with Gasteiger partial charge in [-0.2, -0.15) is 11.8 Å². The van der Waals surface area contributed by atoms with Crippen LogP contribution in [0.25, 0.3) is 0 Å². The van der Waals surface area contributed by atoms with E-state index in [1.54, 1.807) is 0 Å². The molecular weight excluding hydrogens is 288 g/mol. The lowest BCUT2D eigenvalue weighted by atomic mass is 9.84. The maximum atomic E-state index is 12.0. The molecule has 2 aliphatic rings. The SMILES string of the molecule is CC1(CNC(=O)NC(C(=O)O)C2CCCCC2)CCCS1. The standard InChI is InChI=1S/C15H26N2O3S/c1-15(8-5-9-21-15)10-16-14(20)17-12(13(18)19)11-6-3-2-4-7-11/h11-12H,2-10H2,1H3,(H,18,19)(H2,16,17,20). The highest BCUT2D eigenvalue weighted by Crippen LogP contribution is 2.36. The highest BCUT2D eigenvalue weighted by Gasteiger charge is 2.32. The van der Waals surface area contributed by atoms with E-state index in [0.717, 1.165) is 37.9 Å². The van der Waals surface area contributed by atoms with E-state index in [4.69, 9.17) is 0 Å². The second-order valence-electron chi connectivity index (χ2n) is 6.44. The molecular formula is C15H26N2O3S. The van der Waals surface area contributed by atoms with Crippen LogP contribution in [0, 0.1) is 5.92 Å². The molecule has 3 N–H and O–H groups in total. The van der Waals surface area contributed by atoms with Crippen LogP contribution in [0.4, 0.5) is 4.79 Å². The summed E-state index contributed by atoms with van der Waals surface area (Å²) >= 11 is 1.88. The summed E-state index contributed by atoms with van der Waals surface area (Å²) in [6, 6.07) is -1.10. The number of rotatable bonds is 5. The molecule has 6 heteroatoms. The monoisotopic (exact) mass is 314 g/mol. The van der Waals surface area contributed by atoms with Crippen molar-refractivity contribution in [2.75, 3.05) is 12.3 Å². The molecule has 2 rings (SSSR count). The molecule has 2 atom stereocenters. The highest BCUT2D eigenvalue weighted by atomic mass is 32.2. The lowest BCUT2D eigenvalue weighted by Gasteiger charge is -2.29. The summed E-state index contributed by atoms with van der Waals surface area (Å²) in [5, 5.41) is 14.9. The molecule has 1 saturated heterocycles. The summed E-state index contributed by atoms with van der Waals surface area (Å²) in [4.78, 5) is 23.4. The minimum absolute atomic E-state index is 0.0680. The van der Waals surface area contributed by atoms with Gasteiger partial charge in [-0.05, 0) is 44.3 Å². The van der Waals surface area contributed by atoms with Gasteiger partial charge in [0.05, 0.1) is 0 Å². The molecule has 120 valence electrons. The van der Waals surface area contributed by atoms with Crippen LogP contribution >= 0.6 is 11.8 Å². The second-order valence-corrected chi connectivity index (χ2v) is 8.13. The van der Waals surface area contributed by atoms with Crippen LogP contribution in [0.15, 0.2) is 0 Å². The number of amides is 2. The first kappa shape index (κ1) is 16.5. The molecule has 0 spiro atoms. The molecule has 1 heterocycles. The van der Waals surface area contributed by atoms with Crippen molar-refractivity contribution in [1.29, 1.82) is 0 Å². The Morgan fingerprint density at radius 1 is 1.29 bits per heavy atom. The molecule has 5 nitrogen and oxygen atoms in total. The molecule has 0 bridgehead atoms. The molecule has 2 unspecified atom stereocenters. The predicted molar refractivity (Wildman–Crippen MR) is 84.6 cm³/mol. The van der Waals surface area contributed by atoms with E-state index in [1.165, 1.54) is 12.8 Å². The van der Waals surface area contributed by atoms with Crippen molar-refractivity contribution in [1.82, 2.24) is 10.6 Å². The first-order valence-corrected chi connectivity index (χ1v) is 8.90. The summed E-state index contributed by atoms with van der Waals surface area (Å²) in [6.45, 7) is 2.75. The lowest BCUT2D eigenvalue weighted by molar-refractivity contribution is -0.141. The lowest BCUT2D eigenvalue weighted by Crippen LogP contribution is -2.51. The average molecular weight is 314 g/mol. The smallest absolute Gasteiger partial charge is 0.326 e. The number of carboxylic acid groups (broad SMARTS) is 1. The third kappa shape index (κ3) is 4.80. The molecule has 2 fully saturated rings. The number of nitrogens with one attached hydrogen (secondary N) is 2.